The first kappa shape index (κ1) is 21.6. The number of likely N-dealkylation sites (N-methyl/N-ethyl adjacent to an activating group) is 1. The van der Waals surface area contributed by atoms with Gasteiger partial charge in [-0.05, 0) is 31.1 Å². The maximum Gasteiger partial charge on any atom is 0.315 e. The summed E-state index contributed by atoms with van der Waals surface area (Å²) in [4.78, 5) is 12.3. The van der Waals surface area contributed by atoms with Crippen LogP contribution in [0, 0.1) is 22.3 Å². The number of amides is 2. The van der Waals surface area contributed by atoms with E-state index in [1.807, 2.05) is 0 Å². The van der Waals surface area contributed by atoms with Crippen LogP contribution in [0.5, 0.6) is 0 Å². The van der Waals surface area contributed by atoms with Crippen molar-refractivity contribution in [2.45, 2.75) is 59.4 Å². The summed E-state index contributed by atoms with van der Waals surface area (Å²) in [5.41, 5.74) is 0.0270. The van der Waals surface area contributed by atoms with E-state index in [-0.39, 0.29) is 22.9 Å². The molecule has 0 spiro atoms. The Balaban J connectivity index is 2.51. The van der Waals surface area contributed by atoms with E-state index in [2.05, 4.69) is 52.4 Å². The number of nitriles is 1. The number of carbonyl (C=O) groups is 1. The lowest BCUT2D eigenvalue weighted by Crippen LogP contribution is -2.52. The van der Waals surface area contributed by atoms with Crippen LogP contribution in [0.1, 0.15) is 53.4 Å². The summed E-state index contributed by atoms with van der Waals surface area (Å²) in [6.45, 7) is 11.9. The Morgan fingerprint density at radius 2 is 1.96 bits per heavy atom. The zero-order valence-corrected chi connectivity index (χ0v) is 16.9. The van der Waals surface area contributed by atoms with Crippen LogP contribution in [0.3, 0.4) is 0 Å². The monoisotopic (exact) mass is 353 g/mol. The molecule has 0 saturated heterocycles. The fourth-order valence-corrected chi connectivity index (χ4v) is 4.48. The highest BCUT2D eigenvalue weighted by Gasteiger charge is 2.42. The van der Waals surface area contributed by atoms with Gasteiger partial charge in [0, 0.05) is 11.5 Å². The van der Waals surface area contributed by atoms with Crippen molar-refractivity contribution in [3.05, 3.63) is 0 Å². The van der Waals surface area contributed by atoms with Crippen LogP contribution in [0.25, 0.3) is 0 Å². The smallest absolute Gasteiger partial charge is 0.315 e. The summed E-state index contributed by atoms with van der Waals surface area (Å²) in [7, 11) is 4.38. The van der Waals surface area contributed by atoms with Gasteiger partial charge in [-0.2, -0.15) is 5.26 Å². The van der Waals surface area contributed by atoms with Crippen molar-refractivity contribution in [1.82, 2.24) is 10.6 Å². The minimum Gasteiger partial charge on any atom is -0.427 e. The fraction of sp³-hybridized carbons (Fsp3) is 0.895. The summed E-state index contributed by atoms with van der Waals surface area (Å²) in [5, 5.41) is 14.8. The Morgan fingerprint density at radius 1 is 1.28 bits per heavy atom. The molecule has 1 saturated carbocycles. The Morgan fingerprint density at radius 3 is 2.56 bits per heavy atom. The standard InChI is InChI=1S/C19H36N4O2/c1-7-9-23(5,6)10-8-21-17(24)22-16-11-18(2,3)13-19(4,12-16)14-25-15-20/h16H,7-14H2,1-6H3,(H-,21,22,24)/p+1. The summed E-state index contributed by atoms with van der Waals surface area (Å²) in [5.74, 6) is 0. The van der Waals surface area contributed by atoms with E-state index < -0.39 is 0 Å². The molecule has 1 rings (SSSR count). The summed E-state index contributed by atoms with van der Waals surface area (Å²) in [6.07, 6.45) is 5.68. The van der Waals surface area contributed by atoms with Gasteiger partial charge in [0.2, 0.25) is 0 Å². The highest BCUT2D eigenvalue weighted by atomic mass is 16.5. The summed E-state index contributed by atoms with van der Waals surface area (Å²) < 4.78 is 5.94. The molecule has 2 unspecified atom stereocenters. The largest absolute Gasteiger partial charge is 0.427 e. The SMILES string of the molecule is CCC[N+](C)(C)CCNC(=O)NC1CC(C)(C)CC(C)(COC#N)C1. The molecule has 0 aromatic carbocycles. The van der Waals surface area contributed by atoms with Crippen molar-refractivity contribution >= 4 is 6.03 Å². The number of nitrogens with one attached hydrogen (secondary N) is 2. The van der Waals surface area contributed by atoms with E-state index >= 15 is 0 Å². The number of hydrogen-bond donors (Lipinski definition) is 2. The van der Waals surface area contributed by atoms with E-state index in [0.717, 1.165) is 43.3 Å². The van der Waals surface area contributed by atoms with Gasteiger partial charge in [0.25, 0.3) is 6.26 Å². The summed E-state index contributed by atoms with van der Waals surface area (Å²) in [6, 6.07) is 0.0111. The summed E-state index contributed by atoms with van der Waals surface area (Å²) >= 11 is 0. The molecular weight excluding hydrogens is 316 g/mol. The highest BCUT2D eigenvalue weighted by Crippen LogP contribution is 2.46. The average molecular weight is 354 g/mol. The fourth-order valence-electron chi connectivity index (χ4n) is 4.48. The molecule has 144 valence electrons. The molecule has 0 aromatic rings. The molecule has 6 nitrogen and oxygen atoms in total. The second-order valence-corrected chi connectivity index (χ2v) is 9.42. The molecule has 0 bridgehead atoms. The van der Waals surface area contributed by atoms with Crippen molar-refractivity contribution < 1.29 is 14.0 Å². The van der Waals surface area contributed by atoms with Crippen LogP contribution in [0.2, 0.25) is 0 Å². The van der Waals surface area contributed by atoms with Crippen molar-refractivity contribution in [1.29, 1.82) is 5.26 Å². The number of urea groups is 1. The Labute approximate surface area is 153 Å². The molecule has 0 aliphatic heterocycles. The number of nitrogens with zero attached hydrogens (tertiary/aromatic N) is 2. The minimum absolute atomic E-state index is 0.0879. The van der Waals surface area contributed by atoms with Crippen LogP contribution in [0.15, 0.2) is 0 Å². The molecular formula is C19H37N4O2+. The number of hydrogen-bond acceptors (Lipinski definition) is 3. The van der Waals surface area contributed by atoms with Crippen molar-refractivity contribution in [3.8, 4) is 6.26 Å². The van der Waals surface area contributed by atoms with Gasteiger partial charge in [0.1, 0.15) is 6.61 Å². The molecule has 6 heteroatoms. The first-order valence-electron chi connectivity index (χ1n) is 9.38. The van der Waals surface area contributed by atoms with Gasteiger partial charge in [-0.15, -0.1) is 0 Å². The number of carbonyl (C=O) groups excluding carboxylic acids is 1. The normalized spacial score (nSPS) is 25.7. The lowest BCUT2D eigenvalue weighted by atomic mass is 9.63. The lowest BCUT2D eigenvalue weighted by molar-refractivity contribution is -0.889. The van der Waals surface area contributed by atoms with Crippen LogP contribution in [0.4, 0.5) is 4.79 Å². The van der Waals surface area contributed by atoms with E-state index in [1.165, 1.54) is 0 Å². The van der Waals surface area contributed by atoms with Gasteiger partial charge in [0.15, 0.2) is 0 Å². The van der Waals surface area contributed by atoms with Crippen LogP contribution in [-0.2, 0) is 4.74 Å². The van der Waals surface area contributed by atoms with Crippen molar-refractivity contribution in [2.75, 3.05) is 40.3 Å². The third kappa shape index (κ3) is 7.96. The van der Waals surface area contributed by atoms with Gasteiger partial charge in [-0.3, -0.25) is 0 Å². The molecule has 1 aliphatic rings. The number of ether oxygens (including phenoxy) is 1. The van der Waals surface area contributed by atoms with Gasteiger partial charge < -0.3 is 19.9 Å². The van der Waals surface area contributed by atoms with Gasteiger partial charge >= 0.3 is 6.03 Å². The molecule has 1 aliphatic carbocycles. The van der Waals surface area contributed by atoms with Gasteiger partial charge in [0.05, 0.1) is 33.7 Å². The molecule has 0 heterocycles. The molecule has 0 radical (unpaired) electrons. The first-order valence-corrected chi connectivity index (χ1v) is 9.38. The molecule has 2 N–H and O–H groups in total. The molecule has 2 amide bonds. The van der Waals surface area contributed by atoms with Crippen molar-refractivity contribution in [3.63, 3.8) is 0 Å². The van der Waals surface area contributed by atoms with E-state index in [4.69, 9.17) is 10.00 Å². The van der Waals surface area contributed by atoms with Crippen molar-refractivity contribution in [2.24, 2.45) is 10.8 Å². The number of quaternary nitrogens is 1. The first-order chi connectivity index (χ1) is 11.5. The van der Waals surface area contributed by atoms with E-state index in [1.54, 1.807) is 6.26 Å². The van der Waals surface area contributed by atoms with Crippen LogP contribution in [-0.4, -0.2) is 56.9 Å². The second-order valence-electron chi connectivity index (χ2n) is 9.42. The maximum atomic E-state index is 12.3. The third-order valence-corrected chi connectivity index (χ3v) is 5.10. The van der Waals surface area contributed by atoms with E-state index in [9.17, 15) is 4.79 Å². The predicted octanol–water partition coefficient (Wildman–Crippen LogP) is 2.85. The Kier molecular flexibility index (Phi) is 7.55. The van der Waals surface area contributed by atoms with E-state index in [0.29, 0.717) is 13.2 Å². The van der Waals surface area contributed by atoms with Gasteiger partial charge in [-0.1, -0.05) is 27.7 Å². The Bertz CT molecular complexity index is 484. The molecule has 25 heavy (non-hydrogen) atoms. The molecule has 0 aromatic heterocycles. The second kappa shape index (κ2) is 8.75. The minimum atomic E-state index is -0.0947. The lowest BCUT2D eigenvalue weighted by Gasteiger charge is -2.46. The Hall–Kier alpha value is -1.48. The zero-order chi connectivity index (χ0) is 19.1. The van der Waals surface area contributed by atoms with Crippen LogP contribution >= 0.6 is 0 Å². The number of rotatable bonds is 8. The van der Waals surface area contributed by atoms with Crippen LogP contribution < -0.4 is 10.6 Å². The topological polar surface area (TPSA) is 74.2 Å². The zero-order valence-electron chi connectivity index (χ0n) is 16.9. The maximum absolute atomic E-state index is 12.3. The molecule has 1 fully saturated rings. The quantitative estimate of drug-likeness (QED) is 0.520. The average Bonchev–Trinajstić information content (AvgIpc) is 2.42. The third-order valence-electron chi connectivity index (χ3n) is 5.10. The van der Waals surface area contributed by atoms with Gasteiger partial charge in [-0.25, -0.2) is 4.79 Å². The highest BCUT2D eigenvalue weighted by molar-refractivity contribution is 5.74. The predicted molar refractivity (Wildman–Crippen MR) is 99.8 cm³/mol. The molecule has 2 atom stereocenters.